The lowest BCUT2D eigenvalue weighted by Crippen LogP contribution is -2.47. The van der Waals surface area contributed by atoms with E-state index in [1.54, 1.807) is 11.8 Å². The van der Waals surface area contributed by atoms with Crippen molar-refractivity contribution in [3.8, 4) is 0 Å². The van der Waals surface area contributed by atoms with Crippen LogP contribution >= 0.6 is 0 Å². The number of rotatable bonds is 4. The van der Waals surface area contributed by atoms with Crippen molar-refractivity contribution in [3.63, 3.8) is 0 Å². The summed E-state index contributed by atoms with van der Waals surface area (Å²) in [6.45, 7) is 2.14. The predicted molar refractivity (Wildman–Crippen MR) is 54.7 cm³/mol. The Morgan fingerprint density at radius 3 is 2.57 bits per heavy atom. The fourth-order valence-corrected chi connectivity index (χ4v) is 2.06. The van der Waals surface area contributed by atoms with Gasteiger partial charge < -0.3 is 15.7 Å². The zero-order chi connectivity index (χ0) is 10.6. The molecule has 4 heteroatoms. The molecule has 1 amide bonds. The van der Waals surface area contributed by atoms with E-state index in [2.05, 4.69) is 0 Å². The highest BCUT2D eigenvalue weighted by Gasteiger charge is 2.27. The summed E-state index contributed by atoms with van der Waals surface area (Å²) in [5.41, 5.74) is 5.56. The van der Waals surface area contributed by atoms with E-state index in [1.165, 1.54) is 12.8 Å². The van der Waals surface area contributed by atoms with Crippen LogP contribution in [-0.2, 0) is 4.79 Å². The van der Waals surface area contributed by atoms with Crippen molar-refractivity contribution in [2.75, 3.05) is 13.2 Å². The molecule has 0 radical (unpaired) electrons. The summed E-state index contributed by atoms with van der Waals surface area (Å²) >= 11 is 0. The number of carbonyl (C=O) groups is 1. The summed E-state index contributed by atoms with van der Waals surface area (Å²) < 4.78 is 0. The van der Waals surface area contributed by atoms with Gasteiger partial charge in [0.25, 0.3) is 0 Å². The van der Waals surface area contributed by atoms with Crippen molar-refractivity contribution in [1.29, 1.82) is 0 Å². The van der Waals surface area contributed by atoms with Crippen LogP contribution in [0.5, 0.6) is 0 Å². The van der Waals surface area contributed by atoms with Gasteiger partial charge in [-0.05, 0) is 19.8 Å². The predicted octanol–water partition coefficient (Wildman–Crippen LogP) is 0.0971. The SMILES string of the molecule is CC(N)C(=O)N(CCO)C1CCCC1. The first-order valence-electron chi connectivity index (χ1n) is 5.33. The molecule has 1 fully saturated rings. The minimum absolute atomic E-state index is 0.0228. The molecule has 82 valence electrons. The standard InChI is InChI=1S/C10H20N2O2/c1-8(11)10(14)12(6-7-13)9-4-2-3-5-9/h8-9,13H,2-7,11H2,1H3. The summed E-state index contributed by atoms with van der Waals surface area (Å²) in [4.78, 5) is 13.5. The van der Waals surface area contributed by atoms with Crippen molar-refractivity contribution in [2.45, 2.75) is 44.7 Å². The number of hydrogen-bond donors (Lipinski definition) is 2. The van der Waals surface area contributed by atoms with E-state index in [1.807, 2.05) is 0 Å². The summed E-state index contributed by atoms with van der Waals surface area (Å²) in [5.74, 6) is -0.0362. The van der Waals surface area contributed by atoms with Crippen LogP contribution < -0.4 is 5.73 Å². The fourth-order valence-electron chi connectivity index (χ4n) is 2.06. The molecule has 0 bridgehead atoms. The van der Waals surface area contributed by atoms with Gasteiger partial charge in [0, 0.05) is 12.6 Å². The highest BCUT2D eigenvalue weighted by Crippen LogP contribution is 2.23. The molecule has 14 heavy (non-hydrogen) atoms. The van der Waals surface area contributed by atoms with Gasteiger partial charge in [0.2, 0.25) is 5.91 Å². The highest BCUT2D eigenvalue weighted by atomic mass is 16.3. The average Bonchev–Trinajstić information content (AvgIpc) is 2.65. The van der Waals surface area contributed by atoms with E-state index in [4.69, 9.17) is 10.8 Å². The summed E-state index contributed by atoms with van der Waals surface area (Å²) in [5, 5.41) is 8.89. The molecule has 0 spiro atoms. The second-order valence-corrected chi connectivity index (χ2v) is 3.98. The smallest absolute Gasteiger partial charge is 0.239 e. The van der Waals surface area contributed by atoms with E-state index in [0.29, 0.717) is 12.6 Å². The summed E-state index contributed by atoms with van der Waals surface area (Å²) in [7, 11) is 0. The number of aliphatic hydroxyl groups excluding tert-OH is 1. The van der Waals surface area contributed by atoms with E-state index < -0.39 is 6.04 Å². The minimum atomic E-state index is -0.456. The lowest BCUT2D eigenvalue weighted by molar-refractivity contribution is -0.135. The Morgan fingerprint density at radius 1 is 1.57 bits per heavy atom. The maximum Gasteiger partial charge on any atom is 0.239 e. The van der Waals surface area contributed by atoms with Crippen LogP contribution in [0.2, 0.25) is 0 Å². The minimum Gasteiger partial charge on any atom is -0.395 e. The van der Waals surface area contributed by atoms with Gasteiger partial charge in [-0.1, -0.05) is 12.8 Å². The number of nitrogens with two attached hydrogens (primary N) is 1. The van der Waals surface area contributed by atoms with Gasteiger partial charge in [-0.15, -0.1) is 0 Å². The van der Waals surface area contributed by atoms with Crippen LogP contribution in [0.1, 0.15) is 32.6 Å². The molecule has 0 aromatic carbocycles. The molecule has 3 N–H and O–H groups in total. The number of aliphatic hydroxyl groups is 1. The molecule has 1 saturated carbocycles. The molecule has 1 rings (SSSR count). The van der Waals surface area contributed by atoms with Gasteiger partial charge in [-0.3, -0.25) is 4.79 Å². The van der Waals surface area contributed by atoms with E-state index in [9.17, 15) is 4.79 Å². The third-order valence-electron chi connectivity index (χ3n) is 2.78. The van der Waals surface area contributed by atoms with Crippen LogP contribution in [0.25, 0.3) is 0 Å². The number of hydrogen-bond acceptors (Lipinski definition) is 3. The van der Waals surface area contributed by atoms with E-state index in [-0.39, 0.29) is 12.5 Å². The van der Waals surface area contributed by atoms with E-state index in [0.717, 1.165) is 12.8 Å². The first-order chi connectivity index (χ1) is 6.66. The molecular weight excluding hydrogens is 180 g/mol. The first-order valence-corrected chi connectivity index (χ1v) is 5.33. The lowest BCUT2D eigenvalue weighted by atomic mass is 10.2. The topological polar surface area (TPSA) is 66.6 Å². The Bertz CT molecular complexity index is 189. The fraction of sp³-hybridized carbons (Fsp3) is 0.900. The van der Waals surface area contributed by atoms with Crippen LogP contribution in [0, 0.1) is 0 Å². The number of nitrogens with zero attached hydrogens (tertiary/aromatic N) is 1. The number of carbonyl (C=O) groups excluding carboxylic acids is 1. The highest BCUT2D eigenvalue weighted by molar-refractivity contribution is 5.81. The Hall–Kier alpha value is -0.610. The Morgan fingerprint density at radius 2 is 2.14 bits per heavy atom. The Labute approximate surface area is 85.1 Å². The first kappa shape index (κ1) is 11.5. The zero-order valence-corrected chi connectivity index (χ0v) is 8.78. The maximum atomic E-state index is 11.7. The van der Waals surface area contributed by atoms with Crippen molar-refractivity contribution in [1.82, 2.24) is 4.90 Å². The summed E-state index contributed by atoms with van der Waals surface area (Å²) in [6.07, 6.45) is 4.47. The summed E-state index contributed by atoms with van der Waals surface area (Å²) in [6, 6.07) is -0.150. The quantitative estimate of drug-likeness (QED) is 0.676. The monoisotopic (exact) mass is 200 g/mol. The molecule has 1 unspecified atom stereocenters. The zero-order valence-electron chi connectivity index (χ0n) is 8.78. The molecule has 0 heterocycles. The second kappa shape index (κ2) is 5.32. The molecule has 4 nitrogen and oxygen atoms in total. The van der Waals surface area contributed by atoms with Gasteiger partial charge in [-0.2, -0.15) is 0 Å². The molecule has 0 aromatic rings. The van der Waals surface area contributed by atoms with Gasteiger partial charge in [0.15, 0.2) is 0 Å². The van der Waals surface area contributed by atoms with Gasteiger partial charge in [0.05, 0.1) is 12.6 Å². The van der Waals surface area contributed by atoms with Crippen LogP contribution in [0.15, 0.2) is 0 Å². The molecule has 0 saturated heterocycles. The molecule has 0 aromatic heterocycles. The normalized spacial score (nSPS) is 19.6. The van der Waals surface area contributed by atoms with Crippen molar-refractivity contribution < 1.29 is 9.90 Å². The molecular formula is C10H20N2O2. The Balaban J connectivity index is 2.57. The van der Waals surface area contributed by atoms with Crippen LogP contribution in [0.4, 0.5) is 0 Å². The molecule has 1 atom stereocenters. The molecule has 1 aliphatic rings. The third-order valence-corrected chi connectivity index (χ3v) is 2.78. The van der Waals surface area contributed by atoms with Gasteiger partial charge in [-0.25, -0.2) is 0 Å². The van der Waals surface area contributed by atoms with Gasteiger partial charge >= 0.3 is 0 Å². The number of amides is 1. The lowest BCUT2D eigenvalue weighted by Gasteiger charge is -2.29. The van der Waals surface area contributed by atoms with Crippen molar-refractivity contribution >= 4 is 5.91 Å². The largest absolute Gasteiger partial charge is 0.395 e. The molecule has 1 aliphatic carbocycles. The average molecular weight is 200 g/mol. The second-order valence-electron chi connectivity index (χ2n) is 3.98. The van der Waals surface area contributed by atoms with Gasteiger partial charge in [0.1, 0.15) is 0 Å². The Kier molecular flexibility index (Phi) is 4.35. The third kappa shape index (κ3) is 2.69. The van der Waals surface area contributed by atoms with Crippen molar-refractivity contribution in [3.05, 3.63) is 0 Å². The van der Waals surface area contributed by atoms with E-state index >= 15 is 0 Å². The molecule has 0 aliphatic heterocycles. The van der Waals surface area contributed by atoms with Crippen LogP contribution in [-0.4, -0.2) is 41.1 Å². The van der Waals surface area contributed by atoms with Crippen LogP contribution in [0.3, 0.4) is 0 Å². The maximum absolute atomic E-state index is 11.7. The van der Waals surface area contributed by atoms with Crippen molar-refractivity contribution in [2.24, 2.45) is 5.73 Å².